The van der Waals surface area contributed by atoms with Crippen LogP contribution in [0.25, 0.3) is 0 Å². The van der Waals surface area contributed by atoms with Crippen LogP contribution < -0.4 is 20.1 Å². The third-order valence-electron chi connectivity index (χ3n) is 6.62. The van der Waals surface area contributed by atoms with Crippen molar-refractivity contribution in [1.29, 1.82) is 0 Å². The van der Waals surface area contributed by atoms with Crippen molar-refractivity contribution >= 4 is 31.8 Å². The van der Waals surface area contributed by atoms with E-state index in [-0.39, 0.29) is 15.8 Å². The molecule has 2 aromatic rings. The Balaban J connectivity index is 1.49. The Kier molecular flexibility index (Phi) is 17.6. The summed E-state index contributed by atoms with van der Waals surface area (Å²) in [6, 6.07) is 16.4. The number of hydrogen-bond donors (Lipinski definition) is 4. The number of nitrogens with one attached hydrogen (secondary N) is 4. The normalized spacial score (nSPS) is 18.7. The average molecular weight is 681 g/mol. The van der Waals surface area contributed by atoms with Gasteiger partial charge in [-0.2, -0.15) is 0 Å². The monoisotopic (exact) mass is 680 g/mol. The van der Waals surface area contributed by atoms with Crippen molar-refractivity contribution in [3.63, 3.8) is 0 Å². The second-order valence-corrected chi connectivity index (χ2v) is 13.8. The number of benzene rings is 2. The molecular weight excluding hydrogens is 633 g/mol. The van der Waals surface area contributed by atoms with Gasteiger partial charge in [0.05, 0.1) is 29.5 Å². The van der Waals surface area contributed by atoms with E-state index in [0.29, 0.717) is 97.5 Å². The quantitative estimate of drug-likeness (QED) is 0.379. The van der Waals surface area contributed by atoms with Gasteiger partial charge in [0.2, 0.25) is 5.96 Å². The lowest BCUT2D eigenvalue weighted by atomic mass is 10.2. The van der Waals surface area contributed by atoms with E-state index < -0.39 is 20.0 Å². The highest BCUT2D eigenvalue weighted by atomic mass is 32.2. The first kappa shape index (κ1) is 37.4. The summed E-state index contributed by atoms with van der Waals surface area (Å²) in [7, 11) is -7.50. The molecule has 15 heteroatoms. The Labute approximate surface area is 273 Å². The molecule has 46 heavy (non-hydrogen) atoms. The van der Waals surface area contributed by atoms with Crippen molar-refractivity contribution in [2.45, 2.75) is 48.3 Å². The topological polar surface area (TPSA) is 169 Å². The van der Waals surface area contributed by atoms with E-state index in [1.807, 2.05) is 0 Å². The van der Waals surface area contributed by atoms with Gasteiger partial charge in [-0.05, 0) is 69.3 Å². The first-order valence-electron chi connectivity index (χ1n) is 15.8. The predicted octanol–water partition coefficient (Wildman–Crippen LogP) is 2.28. The summed E-state index contributed by atoms with van der Waals surface area (Å²) in [6.07, 6.45) is 4.64. The predicted molar refractivity (Wildman–Crippen MR) is 179 cm³/mol. The van der Waals surface area contributed by atoms with Gasteiger partial charge in [0.1, 0.15) is 5.84 Å². The molecule has 0 atom stereocenters. The number of amidine groups is 1. The molecule has 0 saturated heterocycles. The molecule has 2 aromatic carbocycles. The summed E-state index contributed by atoms with van der Waals surface area (Å²) in [6.45, 7) is 5.17. The Morgan fingerprint density at radius 1 is 0.565 bits per heavy atom. The fourth-order valence-corrected chi connectivity index (χ4v) is 6.33. The van der Waals surface area contributed by atoms with E-state index >= 15 is 0 Å². The fraction of sp³-hybridized carbons (Fsp3) is 0.548. The molecule has 4 N–H and O–H groups in total. The van der Waals surface area contributed by atoms with Crippen molar-refractivity contribution < 1.29 is 31.0 Å². The maximum absolute atomic E-state index is 12.8. The lowest BCUT2D eigenvalue weighted by molar-refractivity contribution is 0.0469. The highest BCUT2D eigenvalue weighted by Gasteiger charge is 2.17. The molecule has 0 fully saturated rings. The molecule has 0 radical (unpaired) electrons. The van der Waals surface area contributed by atoms with E-state index in [0.717, 1.165) is 19.3 Å². The summed E-state index contributed by atoms with van der Waals surface area (Å²) < 4.78 is 73.5. The summed E-state index contributed by atoms with van der Waals surface area (Å²) in [5.41, 5.74) is 0. The summed E-state index contributed by atoms with van der Waals surface area (Å²) in [5.74, 6) is 0.559. The van der Waals surface area contributed by atoms with Crippen LogP contribution in [0.1, 0.15) is 38.5 Å². The molecule has 0 spiro atoms. The van der Waals surface area contributed by atoms with Gasteiger partial charge in [-0.1, -0.05) is 36.4 Å². The molecule has 3 rings (SSSR count). The zero-order chi connectivity index (χ0) is 32.8. The minimum atomic E-state index is -3.77. The van der Waals surface area contributed by atoms with Crippen molar-refractivity contribution in [1.82, 2.24) is 20.1 Å². The minimum absolute atomic E-state index is 0.164. The molecule has 0 aromatic heterocycles. The fourth-order valence-electron chi connectivity index (χ4n) is 4.23. The lowest BCUT2D eigenvalue weighted by Crippen LogP contribution is -2.41. The Hall–Kier alpha value is -3.08. The van der Waals surface area contributed by atoms with E-state index in [1.165, 1.54) is 12.1 Å². The van der Waals surface area contributed by atoms with Gasteiger partial charge in [-0.3, -0.25) is 14.7 Å². The molecule has 13 nitrogen and oxygen atoms in total. The summed E-state index contributed by atoms with van der Waals surface area (Å²) in [4.78, 5) is 9.30. The molecule has 0 saturated carbocycles. The number of nitrogens with zero attached hydrogens (tertiary/aromatic N) is 2. The zero-order valence-corrected chi connectivity index (χ0v) is 28.0. The second kappa shape index (κ2) is 21.7. The minimum Gasteiger partial charge on any atom is -0.381 e. The van der Waals surface area contributed by atoms with E-state index in [4.69, 9.17) is 14.2 Å². The number of sulfonamides is 2. The number of guanidine groups is 1. The van der Waals surface area contributed by atoms with Crippen LogP contribution in [0.5, 0.6) is 0 Å². The van der Waals surface area contributed by atoms with Gasteiger partial charge in [-0.25, -0.2) is 21.6 Å². The molecule has 256 valence electrons. The van der Waals surface area contributed by atoms with Crippen LogP contribution in [0.2, 0.25) is 0 Å². The van der Waals surface area contributed by atoms with Gasteiger partial charge in [0, 0.05) is 46.1 Å². The standard InChI is InChI=1S/C31H48N6O7S2/c38-45(39,28-13-4-1-5-14-28)36-30-27-32-17-8-3-9-21-42-22-11-19-34-31(37-46(40,41)29-15-6-2-7-16-29)35-20-12-24-44-26-25-43-23-10-18-33-30/h1-2,4-7,13-16,32H,3,8-12,17-27H2,(H,33,36)(H2,34,35,37). The van der Waals surface area contributed by atoms with Gasteiger partial charge >= 0.3 is 0 Å². The first-order valence-corrected chi connectivity index (χ1v) is 18.7. The SMILES string of the molecule is O=S(=O)(NC1=NCCCOCCOCCCNC(NS(=O)(=O)c2ccccc2)=NCCCOCCCCCNC1)c1ccccc1. The number of aliphatic imine (C=N–C) groups is 2. The third kappa shape index (κ3) is 15.5. The Bertz CT molecular complexity index is 1290. The van der Waals surface area contributed by atoms with Crippen molar-refractivity contribution in [3.8, 4) is 0 Å². The van der Waals surface area contributed by atoms with Gasteiger partial charge in [0.25, 0.3) is 20.0 Å². The number of ether oxygens (including phenoxy) is 3. The maximum atomic E-state index is 12.8. The highest BCUT2D eigenvalue weighted by Crippen LogP contribution is 2.08. The Morgan fingerprint density at radius 3 is 1.76 bits per heavy atom. The van der Waals surface area contributed by atoms with Crippen LogP contribution in [0.3, 0.4) is 0 Å². The van der Waals surface area contributed by atoms with Gasteiger partial charge < -0.3 is 24.8 Å². The zero-order valence-electron chi connectivity index (χ0n) is 26.4. The molecule has 0 bridgehead atoms. The van der Waals surface area contributed by atoms with Crippen LogP contribution in [-0.2, 0) is 34.3 Å². The molecule has 1 aliphatic heterocycles. The highest BCUT2D eigenvalue weighted by molar-refractivity contribution is 7.90. The molecule has 0 aliphatic carbocycles. The van der Waals surface area contributed by atoms with Crippen LogP contribution in [0.15, 0.2) is 80.4 Å². The second-order valence-electron chi connectivity index (χ2n) is 10.5. The largest absolute Gasteiger partial charge is 0.381 e. The molecular formula is C31H48N6O7S2. The molecule has 1 heterocycles. The Morgan fingerprint density at radius 2 is 1.11 bits per heavy atom. The van der Waals surface area contributed by atoms with Crippen molar-refractivity contribution in [2.75, 3.05) is 72.4 Å². The number of rotatable bonds is 4. The van der Waals surface area contributed by atoms with Gasteiger partial charge in [0.15, 0.2) is 0 Å². The lowest BCUT2D eigenvalue weighted by Gasteiger charge is -2.14. The molecule has 0 unspecified atom stereocenters. The van der Waals surface area contributed by atoms with Crippen LogP contribution in [-0.4, -0.2) is 101 Å². The summed E-state index contributed by atoms with van der Waals surface area (Å²) >= 11 is 0. The van der Waals surface area contributed by atoms with Crippen LogP contribution in [0, 0.1) is 0 Å². The number of hydrogen-bond acceptors (Lipinski definition) is 11. The average Bonchev–Trinajstić information content (AvgIpc) is 3.05. The van der Waals surface area contributed by atoms with E-state index in [1.54, 1.807) is 48.5 Å². The van der Waals surface area contributed by atoms with E-state index in [2.05, 4.69) is 30.1 Å². The van der Waals surface area contributed by atoms with Crippen molar-refractivity contribution in [3.05, 3.63) is 60.7 Å². The summed E-state index contributed by atoms with van der Waals surface area (Å²) in [5, 5.41) is 6.37. The van der Waals surface area contributed by atoms with Crippen molar-refractivity contribution in [2.24, 2.45) is 9.98 Å². The van der Waals surface area contributed by atoms with Crippen LogP contribution >= 0.6 is 0 Å². The third-order valence-corrected chi connectivity index (χ3v) is 9.37. The van der Waals surface area contributed by atoms with Gasteiger partial charge in [-0.15, -0.1) is 0 Å². The maximum Gasteiger partial charge on any atom is 0.264 e. The molecule has 0 amide bonds. The smallest absolute Gasteiger partial charge is 0.264 e. The molecule has 1 aliphatic rings. The van der Waals surface area contributed by atoms with E-state index in [9.17, 15) is 16.8 Å². The van der Waals surface area contributed by atoms with Crippen LogP contribution in [0.4, 0.5) is 0 Å². The first-order chi connectivity index (χ1) is 22.4.